The molecule has 1 heterocycles. The van der Waals surface area contributed by atoms with E-state index in [0.717, 1.165) is 44.1 Å². The smallest absolute Gasteiger partial charge is 0.142 e. The summed E-state index contributed by atoms with van der Waals surface area (Å²) in [6.45, 7) is 4.05. The average Bonchev–Trinajstić information content (AvgIpc) is 3.25. The van der Waals surface area contributed by atoms with Crippen LogP contribution in [0.25, 0.3) is 0 Å². The highest BCUT2D eigenvalue weighted by Crippen LogP contribution is 2.42. The van der Waals surface area contributed by atoms with Gasteiger partial charge in [-0.25, -0.2) is 4.39 Å². The first-order valence-electron chi connectivity index (χ1n) is 7.14. The molecule has 1 N–H and O–H groups in total. The summed E-state index contributed by atoms with van der Waals surface area (Å²) in [5, 5.41) is 3.68. The molecule has 5 heteroatoms. The van der Waals surface area contributed by atoms with E-state index in [2.05, 4.69) is 10.2 Å². The molecule has 1 aromatic carbocycles. The van der Waals surface area contributed by atoms with Crippen LogP contribution in [0.2, 0.25) is 5.02 Å². The second kappa shape index (κ2) is 7.08. The van der Waals surface area contributed by atoms with Gasteiger partial charge in [0.2, 0.25) is 0 Å². The van der Waals surface area contributed by atoms with Crippen molar-refractivity contribution in [1.29, 1.82) is 0 Å². The summed E-state index contributed by atoms with van der Waals surface area (Å²) < 4.78 is 13.7. The van der Waals surface area contributed by atoms with E-state index in [9.17, 15) is 4.39 Å². The van der Waals surface area contributed by atoms with Gasteiger partial charge in [0.1, 0.15) is 5.82 Å². The summed E-state index contributed by atoms with van der Waals surface area (Å²) in [6, 6.07) is 5.48. The molecule has 1 atom stereocenters. The molecule has 0 unspecified atom stereocenters. The van der Waals surface area contributed by atoms with Gasteiger partial charge in [-0.2, -0.15) is 0 Å². The predicted molar refractivity (Wildman–Crippen MR) is 83.2 cm³/mol. The van der Waals surface area contributed by atoms with E-state index >= 15 is 0 Å². The van der Waals surface area contributed by atoms with Crippen molar-refractivity contribution in [2.45, 2.75) is 25.3 Å². The van der Waals surface area contributed by atoms with Crippen LogP contribution >= 0.6 is 24.0 Å². The fraction of sp³-hybridized carbons (Fsp3) is 0.600. The van der Waals surface area contributed by atoms with Crippen molar-refractivity contribution in [1.82, 2.24) is 10.2 Å². The Labute approximate surface area is 131 Å². The molecule has 1 aliphatic heterocycles. The van der Waals surface area contributed by atoms with Gasteiger partial charge in [0.25, 0.3) is 0 Å². The maximum absolute atomic E-state index is 13.7. The molecule has 0 amide bonds. The number of benzene rings is 1. The number of hydrogen-bond donors (Lipinski definition) is 1. The predicted octanol–water partition coefficient (Wildman–Crippen LogP) is 3.65. The Bertz CT molecular complexity index is 445. The maximum Gasteiger partial charge on any atom is 0.142 e. The van der Waals surface area contributed by atoms with E-state index in [4.69, 9.17) is 11.6 Å². The Morgan fingerprint density at radius 2 is 2.00 bits per heavy atom. The van der Waals surface area contributed by atoms with Crippen molar-refractivity contribution in [2.24, 2.45) is 5.92 Å². The topological polar surface area (TPSA) is 15.3 Å². The number of rotatable bonds is 4. The summed E-state index contributed by atoms with van der Waals surface area (Å²) in [5.74, 6) is 0.509. The molecule has 2 fully saturated rings. The van der Waals surface area contributed by atoms with Gasteiger partial charge in [-0.15, -0.1) is 12.4 Å². The van der Waals surface area contributed by atoms with Crippen molar-refractivity contribution in [3.05, 3.63) is 34.6 Å². The molecule has 1 saturated heterocycles. The lowest BCUT2D eigenvalue weighted by molar-refractivity contribution is 0.160. The highest BCUT2D eigenvalue weighted by atomic mass is 35.5. The molecule has 0 aromatic heterocycles. The zero-order valence-electron chi connectivity index (χ0n) is 11.4. The molecule has 1 aliphatic carbocycles. The Balaban J connectivity index is 0.00000147. The average molecular weight is 319 g/mol. The molecule has 2 nitrogen and oxygen atoms in total. The SMILES string of the molecule is Cl.Fc1cccc([C@@H](CC2CC2)N2CCNCC2)c1Cl. The van der Waals surface area contributed by atoms with Crippen LogP contribution in [0.15, 0.2) is 18.2 Å². The molecule has 2 aliphatic rings. The van der Waals surface area contributed by atoms with E-state index in [-0.39, 0.29) is 24.3 Å². The Kier molecular flexibility index (Phi) is 5.67. The Morgan fingerprint density at radius 1 is 1.30 bits per heavy atom. The van der Waals surface area contributed by atoms with Gasteiger partial charge in [0.05, 0.1) is 5.02 Å². The zero-order valence-corrected chi connectivity index (χ0v) is 13.0. The van der Waals surface area contributed by atoms with Crippen molar-refractivity contribution in [3.63, 3.8) is 0 Å². The van der Waals surface area contributed by atoms with Crippen molar-refractivity contribution < 1.29 is 4.39 Å². The molecular weight excluding hydrogens is 298 g/mol. The van der Waals surface area contributed by atoms with E-state index in [1.807, 2.05) is 6.07 Å². The van der Waals surface area contributed by atoms with E-state index in [0.29, 0.717) is 5.02 Å². The van der Waals surface area contributed by atoms with Crippen LogP contribution < -0.4 is 5.32 Å². The third-order valence-corrected chi connectivity index (χ3v) is 4.59. The minimum atomic E-state index is -0.296. The summed E-state index contributed by atoms with van der Waals surface area (Å²) in [6.07, 6.45) is 3.74. The lowest BCUT2D eigenvalue weighted by atomic mass is 9.98. The summed E-state index contributed by atoms with van der Waals surface area (Å²) in [7, 11) is 0. The number of nitrogens with zero attached hydrogens (tertiary/aromatic N) is 1. The number of piperazine rings is 1. The molecule has 0 bridgehead atoms. The van der Waals surface area contributed by atoms with Gasteiger partial charge >= 0.3 is 0 Å². The quantitative estimate of drug-likeness (QED) is 0.911. The molecule has 1 saturated carbocycles. The summed E-state index contributed by atoms with van der Waals surface area (Å²) >= 11 is 6.19. The summed E-state index contributed by atoms with van der Waals surface area (Å²) in [5.41, 5.74) is 0.968. The third-order valence-electron chi connectivity index (χ3n) is 4.19. The van der Waals surface area contributed by atoms with Crippen LogP contribution in [0.3, 0.4) is 0 Å². The van der Waals surface area contributed by atoms with E-state index in [1.54, 1.807) is 6.07 Å². The molecule has 3 rings (SSSR count). The largest absolute Gasteiger partial charge is 0.314 e. The van der Waals surface area contributed by atoms with Gasteiger partial charge in [-0.3, -0.25) is 4.90 Å². The van der Waals surface area contributed by atoms with Gasteiger partial charge in [-0.05, 0) is 24.0 Å². The normalized spacial score (nSPS) is 21.3. The molecule has 112 valence electrons. The fourth-order valence-electron chi connectivity index (χ4n) is 2.91. The highest BCUT2D eigenvalue weighted by molar-refractivity contribution is 6.31. The van der Waals surface area contributed by atoms with E-state index in [1.165, 1.54) is 18.9 Å². The monoisotopic (exact) mass is 318 g/mol. The molecule has 1 aromatic rings. The van der Waals surface area contributed by atoms with Gasteiger partial charge in [-0.1, -0.05) is 36.6 Å². The van der Waals surface area contributed by atoms with Crippen LogP contribution in [-0.2, 0) is 0 Å². The number of hydrogen-bond acceptors (Lipinski definition) is 2. The van der Waals surface area contributed by atoms with E-state index < -0.39 is 0 Å². The second-order valence-corrected chi connectivity index (χ2v) is 6.00. The lowest BCUT2D eigenvalue weighted by Crippen LogP contribution is -2.45. The van der Waals surface area contributed by atoms with Crippen LogP contribution in [0.4, 0.5) is 4.39 Å². The van der Waals surface area contributed by atoms with Crippen molar-refractivity contribution in [3.8, 4) is 0 Å². The minimum Gasteiger partial charge on any atom is -0.314 e. The van der Waals surface area contributed by atoms with Gasteiger partial charge < -0.3 is 5.32 Å². The zero-order chi connectivity index (χ0) is 13.2. The lowest BCUT2D eigenvalue weighted by Gasteiger charge is -2.35. The fourth-order valence-corrected chi connectivity index (χ4v) is 3.17. The first kappa shape index (κ1) is 16.0. The van der Waals surface area contributed by atoms with Crippen LogP contribution in [-0.4, -0.2) is 31.1 Å². The first-order chi connectivity index (χ1) is 9.25. The second-order valence-electron chi connectivity index (χ2n) is 5.62. The molecule has 0 spiro atoms. The summed E-state index contributed by atoms with van der Waals surface area (Å²) in [4.78, 5) is 2.45. The molecular formula is C15H21Cl2FN2. The van der Waals surface area contributed by atoms with Crippen LogP contribution in [0, 0.1) is 11.7 Å². The van der Waals surface area contributed by atoms with Gasteiger partial charge in [0, 0.05) is 32.2 Å². The maximum atomic E-state index is 13.7. The molecule has 0 radical (unpaired) electrons. The third kappa shape index (κ3) is 3.64. The van der Waals surface area contributed by atoms with Crippen molar-refractivity contribution >= 4 is 24.0 Å². The Morgan fingerprint density at radius 3 is 2.65 bits per heavy atom. The highest BCUT2D eigenvalue weighted by Gasteiger charge is 2.31. The molecule has 20 heavy (non-hydrogen) atoms. The van der Waals surface area contributed by atoms with Crippen LogP contribution in [0.1, 0.15) is 30.9 Å². The first-order valence-corrected chi connectivity index (χ1v) is 7.52. The Hall–Kier alpha value is -0.350. The van der Waals surface area contributed by atoms with Crippen LogP contribution in [0.5, 0.6) is 0 Å². The standard InChI is InChI=1S/C15H20ClFN2.ClH/c16-15-12(2-1-3-13(15)17)14(10-11-4-5-11)19-8-6-18-7-9-19;/h1-3,11,14,18H,4-10H2;1H/t14-;/m1./s1. The number of halogens is 3. The van der Waals surface area contributed by atoms with Gasteiger partial charge in [0.15, 0.2) is 0 Å². The van der Waals surface area contributed by atoms with Crippen molar-refractivity contribution in [2.75, 3.05) is 26.2 Å². The minimum absolute atomic E-state index is 0. The number of nitrogens with one attached hydrogen (secondary N) is 1.